The average molecular weight is 498 g/mol. The number of anilines is 1. The van der Waals surface area contributed by atoms with Crippen LogP contribution >= 0.6 is 11.8 Å². The number of likely N-dealkylation sites (tertiary alicyclic amines) is 1. The molecule has 4 aromatic rings. The van der Waals surface area contributed by atoms with E-state index in [1.807, 2.05) is 79.7 Å². The number of nitrogens with one attached hydrogen (secondary N) is 1. The Morgan fingerprint density at radius 1 is 0.889 bits per heavy atom. The summed E-state index contributed by atoms with van der Waals surface area (Å²) in [5.74, 6) is 0.812. The Hall–Kier alpha value is -3.42. The fraction of sp³-hybridized carbons (Fsp3) is 0.276. The van der Waals surface area contributed by atoms with E-state index in [9.17, 15) is 4.79 Å². The van der Waals surface area contributed by atoms with Crippen LogP contribution in [-0.4, -0.2) is 38.7 Å². The quantitative estimate of drug-likeness (QED) is 0.301. The number of rotatable bonds is 8. The molecule has 7 heteroatoms. The molecule has 1 aromatic heterocycles. The van der Waals surface area contributed by atoms with Crippen molar-refractivity contribution in [3.8, 4) is 5.69 Å². The average Bonchev–Trinajstić information content (AvgIpc) is 3.32. The predicted molar refractivity (Wildman–Crippen MR) is 145 cm³/mol. The maximum Gasteiger partial charge on any atom is 0.242 e. The highest BCUT2D eigenvalue weighted by atomic mass is 32.2. The molecule has 36 heavy (non-hydrogen) atoms. The molecule has 3 aromatic carbocycles. The summed E-state index contributed by atoms with van der Waals surface area (Å²) in [7, 11) is 0. The summed E-state index contributed by atoms with van der Waals surface area (Å²) < 4.78 is 2.11. The fourth-order valence-corrected chi connectivity index (χ4v) is 5.56. The largest absolute Gasteiger partial charge is 0.325 e. The first-order chi connectivity index (χ1) is 17.7. The Morgan fingerprint density at radius 2 is 1.56 bits per heavy atom. The Balaban J connectivity index is 1.47. The van der Waals surface area contributed by atoms with E-state index in [0.717, 1.165) is 48.0 Å². The molecule has 0 radical (unpaired) electrons. The number of hydrogen-bond acceptors (Lipinski definition) is 5. The number of carbonyl (C=O) groups is 1. The van der Waals surface area contributed by atoms with Crippen molar-refractivity contribution in [3.05, 3.63) is 102 Å². The second kappa shape index (κ2) is 11.5. The van der Waals surface area contributed by atoms with Crippen molar-refractivity contribution in [3.63, 3.8) is 0 Å². The molecule has 1 aliphatic rings. The summed E-state index contributed by atoms with van der Waals surface area (Å²) in [6.07, 6.45) is 3.73. The van der Waals surface area contributed by atoms with E-state index in [1.54, 1.807) is 0 Å². The minimum Gasteiger partial charge on any atom is -0.325 e. The van der Waals surface area contributed by atoms with Gasteiger partial charge in [-0.05, 0) is 62.7 Å². The summed E-state index contributed by atoms with van der Waals surface area (Å²) in [5.41, 5.74) is 3.86. The molecule has 1 fully saturated rings. The highest BCUT2D eigenvalue weighted by molar-refractivity contribution is 8.00. The lowest BCUT2D eigenvalue weighted by molar-refractivity contribution is -0.115. The van der Waals surface area contributed by atoms with Crippen molar-refractivity contribution in [1.82, 2.24) is 19.7 Å². The van der Waals surface area contributed by atoms with E-state index in [-0.39, 0.29) is 5.91 Å². The zero-order chi connectivity index (χ0) is 24.7. The van der Waals surface area contributed by atoms with Crippen molar-refractivity contribution in [2.24, 2.45) is 0 Å². The molecule has 0 bridgehead atoms. The van der Waals surface area contributed by atoms with Crippen molar-refractivity contribution >= 4 is 23.4 Å². The van der Waals surface area contributed by atoms with Gasteiger partial charge < -0.3 is 5.32 Å². The van der Waals surface area contributed by atoms with Crippen LogP contribution in [-0.2, 0) is 11.3 Å². The Bertz CT molecular complexity index is 1270. The number of nitrogens with zero attached hydrogens (tertiary/aromatic N) is 4. The van der Waals surface area contributed by atoms with Crippen LogP contribution in [0.3, 0.4) is 0 Å². The van der Waals surface area contributed by atoms with Gasteiger partial charge in [0.25, 0.3) is 0 Å². The van der Waals surface area contributed by atoms with Crippen LogP contribution in [0.15, 0.2) is 90.1 Å². The molecule has 1 aliphatic heterocycles. The third kappa shape index (κ3) is 5.86. The van der Waals surface area contributed by atoms with Crippen LogP contribution in [0.2, 0.25) is 0 Å². The lowest BCUT2D eigenvalue weighted by Crippen LogP contribution is -2.30. The van der Waals surface area contributed by atoms with E-state index in [0.29, 0.717) is 5.16 Å². The van der Waals surface area contributed by atoms with Crippen molar-refractivity contribution in [2.75, 3.05) is 18.4 Å². The molecule has 1 amide bonds. The van der Waals surface area contributed by atoms with Gasteiger partial charge in [0.2, 0.25) is 5.91 Å². The molecule has 1 N–H and O–H groups in total. The van der Waals surface area contributed by atoms with Gasteiger partial charge in [-0.15, -0.1) is 10.2 Å². The normalized spacial score (nSPS) is 14.9. The number of carbonyl (C=O) groups excluding carboxylic acids is 1. The molecular weight excluding hydrogens is 466 g/mol. The van der Waals surface area contributed by atoms with Crippen LogP contribution < -0.4 is 5.32 Å². The highest BCUT2D eigenvalue weighted by Crippen LogP contribution is 2.37. The predicted octanol–water partition coefficient (Wildman–Crippen LogP) is 6.03. The van der Waals surface area contributed by atoms with Gasteiger partial charge in [-0.3, -0.25) is 14.3 Å². The molecule has 1 atom stereocenters. The molecule has 1 saturated heterocycles. The molecule has 0 saturated carbocycles. The minimum absolute atomic E-state index is 0.0877. The molecule has 0 aliphatic carbocycles. The molecule has 2 heterocycles. The topological polar surface area (TPSA) is 63.1 Å². The van der Waals surface area contributed by atoms with Gasteiger partial charge >= 0.3 is 0 Å². The Kier molecular flexibility index (Phi) is 7.79. The van der Waals surface area contributed by atoms with Gasteiger partial charge in [0.1, 0.15) is 5.25 Å². The summed E-state index contributed by atoms with van der Waals surface area (Å²) in [4.78, 5) is 16.0. The third-order valence-electron chi connectivity index (χ3n) is 6.41. The van der Waals surface area contributed by atoms with Crippen LogP contribution in [0.4, 0.5) is 5.69 Å². The van der Waals surface area contributed by atoms with Gasteiger partial charge in [-0.25, -0.2) is 0 Å². The van der Waals surface area contributed by atoms with Crippen LogP contribution in [0.25, 0.3) is 5.69 Å². The van der Waals surface area contributed by atoms with Crippen molar-refractivity contribution in [2.45, 2.75) is 43.1 Å². The smallest absolute Gasteiger partial charge is 0.242 e. The first-order valence-corrected chi connectivity index (χ1v) is 13.4. The SMILES string of the molecule is Cc1ccc(NC(=O)[C@H](Sc2nnc(CN3CCCCC3)n2-c2ccccc2)c2ccccc2)cc1. The lowest BCUT2D eigenvalue weighted by atomic mass is 10.1. The van der Waals surface area contributed by atoms with Crippen molar-refractivity contribution in [1.29, 1.82) is 0 Å². The van der Waals surface area contributed by atoms with E-state index < -0.39 is 5.25 Å². The van der Waals surface area contributed by atoms with Crippen molar-refractivity contribution < 1.29 is 4.79 Å². The van der Waals surface area contributed by atoms with Gasteiger partial charge in [-0.2, -0.15) is 0 Å². The summed E-state index contributed by atoms with van der Waals surface area (Å²) >= 11 is 1.44. The van der Waals surface area contributed by atoms with E-state index >= 15 is 0 Å². The molecule has 0 spiro atoms. The van der Waals surface area contributed by atoms with E-state index in [4.69, 9.17) is 0 Å². The van der Waals surface area contributed by atoms with E-state index in [2.05, 4.69) is 37.1 Å². The van der Waals surface area contributed by atoms with E-state index in [1.165, 1.54) is 31.0 Å². The molecular formula is C29H31N5OS. The Morgan fingerprint density at radius 3 is 2.25 bits per heavy atom. The second-order valence-corrected chi connectivity index (χ2v) is 10.2. The van der Waals surface area contributed by atoms with Gasteiger partial charge in [0.05, 0.1) is 6.54 Å². The highest BCUT2D eigenvalue weighted by Gasteiger charge is 2.27. The number of amides is 1. The number of thioether (sulfide) groups is 1. The zero-order valence-corrected chi connectivity index (χ0v) is 21.3. The third-order valence-corrected chi connectivity index (χ3v) is 7.61. The number of aromatic nitrogens is 3. The maximum absolute atomic E-state index is 13.6. The fourth-order valence-electron chi connectivity index (χ4n) is 4.48. The summed E-state index contributed by atoms with van der Waals surface area (Å²) in [6, 6.07) is 27.9. The second-order valence-electron chi connectivity index (χ2n) is 9.17. The molecule has 184 valence electrons. The van der Waals surface area contributed by atoms with Gasteiger partial charge in [-0.1, -0.05) is 84.4 Å². The number of aryl methyl sites for hydroxylation is 1. The molecule has 5 rings (SSSR count). The summed E-state index contributed by atoms with van der Waals surface area (Å²) in [5, 5.41) is 12.5. The van der Waals surface area contributed by atoms with Gasteiger partial charge in [0, 0.05) is 11.4 Å². The van der Waals surface area contributed by atoms with Crippen LogP contribution in [0.5, 0.6) is 0 Å². The first kappa shape index (κ1) is 24.3. The molecule has 0 unspecified atom stereocenters. The number of para-hydroxylation sites is 1. The lowest BCUT2D eigenvalue weighted by Gasteiger charge is -2.26. The maximum atomic E-state index is 13.6. The summed E-state index contributed by atoms with van der Waals surface area (Å²) in [6.45, 7) is 4.94. The molecule has 6 nitrogen and oxygen atoms in total. The first-order valence-electron chi connectivity index (χ1n) is 12.5. The Labute approximate surface area is 216 Å². The van der Waals surface area contributed by atoms with Crippen LogP contribution in [0, 0.1) is 6.92 Å². The number of piperidine rings is 1. The van der Waals surface area contributed by atoms with Crippen LogP contribution in [0.1, 0.15) is 41.5 Å². The number of hydrogen-bond donors (Lipinski definition) is 1. The van der Waals surface area contributed by atoms with Gasteiger partial charge in [0.15, 0.2) is 11.0 Å². The monoisotopic (exact) mass is 497 g/mol. The standard InChI is InChI=1S/C29H31N5OS/c1-22-15-17-24(18-16-22)30-28(35)27(23-11-5-2-6-12-23)36-29-32-31-26(21-33-19-9-4-10-20-33)34(29)25-13-7-3-8-14-25/h2-3,5-8,11-18,27H,4,9-10,19-21H2,1H3,(H,30,35)/t27-/m1/s1. The number of benzene rings is 3. The zero-order valence-electron chi connectivity index (χ0n) is 20.5. The minimum atomic E-state index is -0.484.